The Morgan fingerprint density at radius 3 is 1.83 bits per heavy atom. The first-order valence-corrected chi connectivity index (χ1v) is 10.3. The molecular formula is C17H31N2O3P. The van der Waals surface area contributed by atoms with Gasteiger partial charge in [-0.3, -0.25) is 10.7 Å². The Labute approximate surface area is 141 Å². The van der Waals surface area contributed by atoms with Crippen LogP contribution in [0.3, 0.4) is 0 Å². The zero-order chi connectivity index (χ0) is 18.4. The fourth-order valence-corrected chi connectivity index (χ4v) is 8.69. The van der Waals surface area contributed by atoms with E-state index in [1.165, 1.54) is 7.05 Å². The van der Waals surface area contributed by atoms with Crippen LogP contribution in [0.15, 0.2) is 5.57 Å². The molecule has 0 aliphatic carbocycles. The predicted octanol–water partition coefficient (Wildman–Crippen LogP) is 4.01. The lowest BCUT2D eigenvalue weighted by molar-refractivity contribution is -0.124. The maximum atomic E-state index is 12.5. The summed E-state index contributed by atoms with van der Waals surface area (Å²) in [5.41, 5.74) is 1.38. The molecule has 0 aromatic heterocycles. The lowest BCUT2D eigenvalue weighted by atomic mass is 10.3. The number of hydrogen-bond donors (Lipinski definition) is 0. The molecule has 0 aromatic carbocycles. The zero-order valence-corrected chi connectivity index (χ0v) is 16.6. The van der Waals surface area contributed by atoms with Crippen LogP contribution in [0.5, 0.6) is 0 Å². The summed E-state index contributed by atoms with van der Waals surface area (Å²) in [4.78, 5) is 25.2. The summed E-state index contributed by atoms with van der Waals surface area (Å²) in [5.74, 6) is 1.50. The molecule has 0 bridgehead atoms. The van der Waals surface area contributed by atoms with Crippen LogP contribution in [0.1, 0.15) is 48.5 Å². The largest absolute Gasteiger partial charge is 0.763 e. The van der Waals surface area contributed by atoms with Gasteiger partial charge in [0, 0.05) is 14.3 Å². The summed E-state index contributed by atoms with van der Waals surface area (Å²) in [6, 6.07) is 0. The number of imide groups is 1. The highest BCUT2D eigenvalue weighted by molar-refractivity contribution is 7.78. The van der Waals surface area contributed by atoms with Gasteiger partial charge in [0.1, 0.15) is 0 Å². The molecule has 23 heavy (non-hydrogen) atoms. The van der Waals surface area contributed by atoms with E-state index < -0.39 is 19.3 Å². The van der Waals surface area contributed by atoms with E-state index in [2.05, 4.69) is 41.5 Å². The van der Waals surface area contributed by atoms with Gasteiger partial charge < -0.3 is 10.1 Å². The van der Waals surface area contributed by atoms with Gasteiger partial charge in [-0.25, -0.2) is 9.69 Å². The van der Waals surface area contributed by atoms with Gasteiger partial charge in [-0.05, 0) is 48.5 Å². The van der Waals surface area contributed by atoms with E-state index in [0.717, 1.165) is 4.90 Å². The first-order valence-electron chi connectivity index (χ1n) is 8.13. The second-order valence-electron chi connectivity index (χ2n) is 6.59. The predicted molar refractivity (Wildman–Crippen MR) is 98.9 cm³/mol. The van der Waals surface area contributed by atoms with Crippen LogP contribution in [-0.2, 0) is 9.53 Å². The molecule has 0 saturated heterocycles. The standard InChI is InChI=1S/C17H31N2O3P/c1-9-22-17(21)19(8)16(20)15(10-18)11-23(12(2)3,13(4)5)14(6)7/h12-14H,9,11H2,1-8H3. The van der Waals surface area contributed by atoms with Crippen molar-refractivity contribution in [2.75, 3.05) is 19.8 Å². The SMILES string of the molecule is CCOC(=O)N(C)C(=O)C(=C=[N-])C[P+](C(C)C)(C(C)C)C(C)C. The number of carbonyl (C=O) groups is 2. The van der Waals surface area contributed by atoms with Crippen LogP contribution in [0.25, 0.3) is 5.41 Å². The van der Waals surface area contributed by atoms with Crippen LogP contribution in [0.2, 0.25) is 0 Å². The van der Waals surface area contributed by atoms with Gasteiger partial charge in [0.15, 0.2) is 0 Å². The molecule has 0 rings (SSSR count). The summed E-state index contributed by atoms with van der Waals surface area (Å²) in [6.45, 7) is 14.9. The highest BCUT2D eigenvalue weighted by Gasteiger charge is 2.48. The van der Waals surface area contributed by atoms with E-state index in [1.54, 1.807) is 6.92 Å². The molecule has 0 N–H and O–H groups in total. The molecule has 0 radical (unpaired) electrons. The van der Waals surface area contributed by atoms with Crippen molar-refractivity contribution >= 4 is 25.1 Å². The molecule has 0 saturated carbocycles. The Bertz CT molecular complexity index is 458. The van der Waals surface area contributed by atoms with Crippen molar-refractivity contribution in [3.8, 4) is 0 Å². The monoisotopic (exact) mass is 342 g/mol. The Hall–Kier alpha value is -1.18. The average molecular weight is 342 g/mol. The number of rotatable bonds is 7. The van der Waals surface area contributed by atoms with Crippen molar-refractivity contribution in [2.24, 2.45) is 0 Å². The molecule has 0 aromatic rings. The highest BCUT2D eigenvalue weighted by atomic mass is 31.2. The summed E-state index contributed by atoms with van der Waals surface area (Å²) < 4.78 is 4.84. The smallest absolute Gasteiger partial charge is 0.416 e. The number of nitrogens with zero attached hydrogens (tertiary/aromatic N) is 2. The second-order valence-corrected chi connectivity index (χ2v) is 12.0. The molecule has 0 fully saturated rings. The molecule has 0 spiro atoms. The molecule has 0 atom stereocenters. The molecule has 0 aliphatic rings. The van der Waals surface area contributed by atoms with E-state index in [1.807, 2.05) is 5.87 Å². The van der Waals surface area contributed by atoms with E-state index >= 15 is 0 Å². The zero-order valence-electron chi connectivity index (χ0n) is 15.7. The van der Waals surface area contributed by atoms with E-state index in [9.17, 15) is 15.0 Å². The highest BCUT2D eigenvalue weighted by Crippen LogP contribution is 2.70. The average Bonchev–Trinajstić information content (AvgIpc) is 2.46. The van der Waals surface area contributed by atoms with Gasteiger partial charge in [0.25, 0.3) is 5.91 Å². The van der Waals surface area contributed by atoms with Crippen molar-refractivity contribution in [1.82, 2.24) is 4.90 Å². The lowest BCUT2D eigenvalue weighted by Crippen LogP contribution is -2.37. The summed E-state index contributed by atoms with van der Waals surface area (Å²) in [6.07, 6.45) is -0.244. The van der Waals surface area contributed by atoms with Gasteiger partial charge in [0.2, 0.25) is 0 Å². The first kappa shape index (κ1) is 21.8. The summed E-state index contributed by atoms with van der Waals surface area (Å²) in [5, 5.41) is 9.50. The quantitative estimate of drug-likeness (QED) is 0.399. The molecule has 0 aliphatic heterocycles. The fourth-order valence-electron chi connectivity index (χ4n) is 3.27. The summed E-state index contributed by atoms with van der Waals surface area (Å²) >= 11 is 0. The van der Waals surface area contributed by atoms with Gasteiger partial charge >= 0.3 is 6.09 Å². The van der Waals surface area contributed by atoms with Crippen molar-refractivity contribution in [2.45, 2.75) is 65.4 Å². The second kappa shape index (κ2) is 9.20. The Kier molecular flexibility index (Phi) is 8.73. The third-order valence-corrected chi connectivity index (χ3v) is 11.2. The number of ether oxygens (including phenoxy) is 1. The van der Waals surface area contributed by atoms with Crippen LogP contribution >= 0.6 is 7.26 Å². The molecule has 0 heterocycles. The van der Waals surface area contributed by atoms with Crippen molar-refractivity contribution in [3.63, 3.8) is 0 Å². The third-order valence-electron chi connectivity index (χ3n) is 4.56. The van der Waals surface area contributed by atoms with Gasteiger partial charge in [0.05, 0.1) is 35.3 Å². The third kappa shape index (κ3) is 4.89. The molecule has 132 valence electrons. The number of hydrogen-bond acceptors (Lipinski definition) is 3. The topological polar surface area (TPSA) is 68.9 Å². The molecule has 2 amide bonds. The molecular weight excluding hydrogens is 311 g/mol. The minimum atomic E-state index is -1.58. The van der Waals surface area contributed by atoms with Gasteiger partial charge in [-0.1, -0.05) is 0 Å². The van der Waals surface area contributed by atoms with Crippen LogP contribution in [0, 0.1) is 0 Å². The minimum Gasteiger partial charge on any atom is -0.763 e. The Morgan fingerprint density at radius 1 is 1.09 bits per heavy atom. The number of amides is 2. The van der Waals surface area contributed by atoms with Gasteiger partial charge in [-0.15, -0.1) is 0 Å². The van der Waals surface area contributed by atoms with E-state index in [0.29, 0.717) is 23.1 Å². The molecule has 6 heteroatoms. The number of carbonyl (C=O) groups excluding carboxylic acids is 2. The van der Waals surface area contributed by atoms with Crippen molar-refractivity contribution in [1.29, 1.82) is 0 Å². The van der Waals surface area contributed by atoms with E-state index in [-0.39, 0.29) is 12.2 Å². The molecule has 5 nitrogen and oxygen atoms in total. The fraction of sp³-hybridized carbons (Fsp3) is 0.765. The lowest BCUT2D eigenvalue weighted by Gasteiger charge is -2.39. The van der Waals surface area contributed by atoms with Gasteiger partial charge in [-0.2, -0.15) is 0 Å². The van der Waals surface area contributed by atoms with Crippen molar-refractivity contribution in [3.05, 3.63) is 11.0 Å². The summed E-state index contributed by atoms with van der Waals surface area (Å²) in [7, 11) is -0.224. The Balaban J connectivity index is 5.60. The maximum absolute atomic E-state index is 12.5. The number of likely N-dealkylation sites (N-methyl/N-ethyl adjacent to an activating group) is 1. The molecule has 0 unspecified atom stereocenters. The van der Waals surface area contributed by atoms with E-state index in [4.69, 9.17) is 4.74 Å². The van der Waals surface area contributed by atoms with Crippen LogP contribution in [-0.4, -0.2) is 59.6 Å². The van der Waals surface area contributed by atoms with Crippen LogP contribution in [0.4, 0.5) is 4.79 Å². The maximum Gasteiger partial charge on any atom is 0.416 e. The minimum absolute atomic E-state index is 0.157. The normalized spacial score (nSPS) is 11.6. The van der Waals surface area contributed by atoms with Crippen LogP contribution < -0.4 is 0 Å². The Morgan fingerprint density at radius 2 is 1.52 bits per heavy atom. The van der Waals surface area contributed by atoms with Crippen molar-refractivity contribution < 1.29 is 14.3 Å². The first-order chi connectivity index (χ1) is 10.6.